The molecule has 2 amide bonds. The van der Waals surface area contributed by atoms with Gasteiger partial charge in [0.25, 0.3) is 0 Å². The van der Waals surface area contributed by atoms with Crippen LogP contribution in [0.25, 0.3) is 0 Å². The Morgan fingerprint density at radius 1 is 1.16 bits per heavy atom. The minimum atomic E-state index is -0.856. The van der Waals surface area contributed by atoms with E-state index < -0.39 is 11.5 Å². The molecule has 2 aliphatic carbocycles. The number of carbonyl (C=O) groups excluding carboxylic acids is 2. The van der Waals surface area contributed by atoms with E-state index >= 15 is 0 Å². The molecule has 0 bridgehead atoms. The quantitative estimate of drug-likeness (QED) is 0.778. The average Bonchev–Trinajstić information content (AvgIpc) is 2.97. The van der Waals surface area contributed by atoms with Crippen molar-refractivity contribution in [2.75, 3.05) is 6.54 Å². The van der Waals surface area contributed by atoms with Gasteiger partial charge in [-0.1, -0.05) is 25.7 Å². The van der Waals surface area contributed by atoms with Gasteiger partial charge in [0.1, 0.15) is 0 Å². The summed E-state index contributed by atoms with van der Waals surface area (Å²) in [5.74, 6) is -0.589. The Balaban J connectivity index is 1.99. The number of rotatable bonds is 5. The van der Waals surface area contributed by atoms with E-state index in [9.17, 15) is 14.7 Å². The van der Waals surface area contributed by atoms with E-state index in [4.69, 9.17) is 5.73 Å². The van der Waals surface area contributed by atoms with Gasteiger partial charge >= 0.3 is 0 Å². The van der Waals surface area contributed by atoms with Crippen molar-refractivity contribution in [3.8, 4) is 0 Å². The van der Waals surface area contributed by atoms with Crippen LogP contribution in [0.5, 0.6) is 0 Å². The second-order valence-corrected chi connectivity index (χ2v) is 6.03. The second kappa shape index (κ2) is 5.90. The molecule has 0 aromatic rings. The van der Waals surface area contributed by atoms with Crippen molar-refractivity contribution < 1.29 is 14.7 Å². The Bertz CT molecular complexity index is 345. The predicted octanol–water partition coefficient (Wildman–Crippen LogP) is 0.938. The number of hydrogen-bond acceptors (Lipinski definition) is 3. The van der Waals surface area contributed by atoms with E-state index in [2.05, 4.69) is 0 Å². The first-order valence-electron chi connectivity index (χ1n) is 7.30. The van der Waals surface area contributed by atoms with Crippen molar-refractivity contribution >= 4 is 11.8 Å². The number of carbonyl (C=O) groups is 2. The molecule has 0 atom stereocenters. The highest BCUT2D eigenvalue weighted by Crippen LogP contribution is 2.33. The average molecular weight is 268 g/mol. The van der Waals surface area contributed by atoms with Crippen LogP contribution in [0.3, 0.4) is 0 Å². The van der Waals surface area contributed by atoms with Gasteiger partial charge in [0.05, 0.1) is 18.6 Å². The summed E-state index contributed by atoms with van der Waals surface area (Å²) in [5, 5.41) is 10.3. The zero-order chi connectivity index (χ0) is 13.9. The summed E-state index contributed by atoms with van der Waals surface area (Å²) >= 11 is 0. The molecule has 5 heteroatoms. The van der Waals surface area contributed by atoms with Gasteiger partial charge in [-0.3, -0.25) is 9.59 Å². The molecule has 0 radical (unpaired) electrons. The lowest BCUT2D eigenvalue weighted by Gasteiger charge is -2.31. The fourth-order valence-corrected chi connectivity index (χ4v) is 3.40. The summed E-state index contributed by atoms with van der Waals surface area (Å²) in [5.41, 5.74) is 4.39. The smallest absolute Gasteiger partial charge is 0.237 e. The molecule has 0 unspecified atom stereocenters. The van der Waals surface area contributed by atoms with Crippen LogP contribution in [-0.4, -0.2) is 40.0 Å². The number of aliphatic hydroxyl groups is 1. The molecule has 0 aromatic carbocycles. The molecule has 5 nitrogen and oxygen atoms in total. The van der Waals surface area contributed by atoms with Crippen molar-refractivity contribution in [1.82, 2.24) is 4.90 Å². The Kier molecular flexibility index (Phi) is 4.45. The lowest BCUT2D eigenvalue weighted by molar-refractivity contribution is -0.141. The van der Waals surface area contributed by atoms with Crippen LogP contribution in [0, 0.1) is 0 Å². The molecule has 3 N–H and O–H groups in total. The third-order valence-corrected chi connectivity index (χ3v) is 4.43. The summed E-state index contributed by atoms with van der Waals surface area (Å²) in [4.78, 5) is 25.1. The summed E-state index contributed by atoms with van der Waals surface area (Å²) in [6.45, 7) is -0.0143. The zero-order valence-electron chi connectivity index (χ0n) is 11.4. The van der Waals surface area contributed by atoms with E-state index in [-0.39, 0.29) is 24.9 Å². The molecule has 2 aliphatic rings. The molecule has 0 spiro atoms. The largest absolute Gasteiger partial charge is 0.389 e. The molecular weight excluding hydrogens is 244 g/mol. The molecule has 19 heavy (non-hydrogen) atoms. The summed E-state index contributed by atoms with van der Waals surface area (Å²) in [6.07, 6.45) is 7.54. The third-order valence-electron chi connectivity index (χ3n) is 4.43. The van der Waals surface area contributed by atoms with Crippen molar-refractivity contribution in [2.24, 2.45) is 5.73 Å². The standard InChI is InChI=1S/C14H24N2O3/c15-12(17)10-16(11-5-1-2-6-11)13(18)9-14(19)7-3-4-8-14/h11,19H,1-10H2,(H2,15,17). The minimum Gasteiger partial charge on any atom is -0.389 e. The third kappa shape index (κ3) is 3.69. The zero-order valence-corrected chi connectivity index (χ0v) is 11.4. The predicted molar refractivity (Wildman–Crippen MR) is 71.2 cm³/mol. The van der Waals surface area contributed by atoms with Crippen LogP contribution in [-0.2, 0) is 9.59 Å². The molecule has 0 aromatic heterocycles. The van der Waals surface area contributed by atoms with Gasteiger partial charge in [0, 0.05) is 6.04 Å². The van der Waals surface area contributed by atoms with E-state index in [1.54, 1.807) is 4.90 Å². The van der Waals surface area contributed by atoms with Crippen LogP contribution in [0.1, 0.15) is 57.8 Å². The second-order valence-electron chi connectivity index (χ2n) is 6.03. The number of hydrogen-bond donors (Lipinski definition) is 2. The fourth-order valence-electron chi connectivity index (χ4n) is 3.40. The van der Waals surface area contributed by atoms with Gasteiger partial charge in [-0.2, -0.15) is 0 Å². The normalized spacial score (nSPS) is 22.6. The highest BCUT2D eigenvalue weighted by molar-refractivity contribution is 5.84. The maximum atomic E-state index is 12.4. The van der Waals surface area contributed by atoms with Crippen LogP contribution >= 0.6 is 0 Å². The first-order valence-corrected chi connectivity index (χ1v) is 7.30. The lowest BCUT2D eigenvalue weighted by Crippen LogP contribution is -2.46. The van der Waals surface area contributed by atoms with Gasteiger partial charge in [-0.25, -0.2) is 0 Å². The van der Waals surface area contributed by atoms with Crippen LogP contribution in [0.2, 0.25) is 0 Å². The van der Waals surface area contributed by atoms with Gasteiger partial charge in [-0.15, -0.1) is 0 Å². The fraction of sp³-hybridized carbons (Fsp3) is 0.857. The van der Waals surface area contributed by atoms with Gasteiger partial charge in [-0.05, 0) is 25.7 Å². The molecule has 2 saturated carbocycles. The molecule has 2 rings (SSSR count). The number of nitrogens with zero attached hydrogens (tertiary/aromatic N) is 1. The molecule has 0 aliphatic heterocycles. The summed E-state index contributed by atoms with van der Waals surface area (Å²) < 4.78 is 0. The van der Waals surface area contributed by atoms with Gasteiger partial charge in [0.15, 0.2) is 0 Å². The first kappa shape index (κ1) is 14.3. The Labute approximate surface area is 114 Å². The van der Waals surface area contributed by atoms with Gasteiger partial charge in [0.2, 0.25) is 11.8 Å². The molecule has 108 valence electrons. The van der Waals surface area contributed by atoms with Crippen molar-refractivity contribution in [3.05, 3.63) is 0 Å². The Morgan fingerprint density at radius 2 is 1.74 bits per heavy atom. The maximum Gasteiger partial charge on any atom is 0.237 e. The minimum absolute atomic E-state index is 0.0143. The van der Waals surface area contributed by atoms with E-state index in [0.717, 1.165) is 38.5 Å². The van der Waals surface area contributed by atoms with Crippen LogP contribution in [0.15, 0.2) is 0 Å². The lowest BCUT2D eigenvalue weighted by atomic mass is 9.96. The molecule has 0 saturated heterocycles. The molecular formula is C14H24N2O3. The van der Waals surface area contributed by atoms with E-state index in [1.165, 1.54) is 0 Å². The number of amides is 2. The van der Waals surface area contributed by atoms with Crippen LogP contribution in [0.4, 0.5) is 0 Å². The maximum absolute atomic E-state index is 12.4. The van der Waals surface area contributed by atoms with E-state index in [1.807, 2.05) is 0 Å². The highest BCUT2D eigenvalue weighted by atomic mass is 16.3. The van der Waals surface area contributed by atoms with Crippen molar-refractivity contribution in [2.45, 2.75) is 69.4 Å². The van der Waals surface area contributed by atoms with E-state index in [0.29, 0.717) is 12.8 Å². The number of nitrogens with two attached hydrogens (primary N) is 1. The number of primary amides is 1. The summed E-state index contributed by atoms with van der Waals surface area (Å²) in [7, 11) is 0. The van der Waals surface area contributed by atoms with Crippen molar-refractivity contribution in [1.29, 1.82) is 0 Å². The van der Waals surface area contributed by atoms with Gasteiger partial charge < -0.3 is 15.7 Å². The monoisotopic (exact) mass is 268 g/mol. The van der Waals surface area contributed by atoms with Crippen molar-refractivity contribution in [3.63, 3.8) is 0 Å². The Hall–Kier alpha value is -1.10. The molecule has 0 heterocycles. The molecule has 2 fully saturated rings. The van der Waals surface area contributed by atoms with Crippen LogP contribution < -0.4 is 5.73 Å². The highest BCUT2D eigenvalue weighted by Gasteiger charge is 2.37. The first-order chi connectivity index (χ1) is 9.00. The Morgan fingerprint density at radius 3 is 2.26 bits per heavy atom. The summed E-state index contributed by atoms with van der Waals surface area (Å²) in [6, 6.07) is 0.130. The SMILES string of the molecule is NC(=O)CN(C(=O)CC1(O)CCCC1)C1CCCC1. The topological polar surface area (TPSA) is 83.6 Å².